The number of fused-ring (bicyclic) bond motifs is 1. The number of amides is 3. The molecule has 2 saturated heterocycles. The van der Waals surface area contributed by atoms with Crippen molar-refractivity contribution in [1.29, 1.82) is 0 Å². The Morgan fingerprint density at radius 3 is 2.12 bits per heavy atom. The van der Waals surface area contributed by atoms with E-state index in [4.69, 9.17) is 0 Å². The second-order valence-corrected chi connectivity index (χ2v) is 10.9. The molecule has 2 unspecified atom stereocenters. The van der Waals surface area contributed by atoms with Crippen LogP contribution in [0, 0.1) is 17.8 Å². The molecule has 2 aromatic rings. The van der Waals surface area contributed by atoms with Crippen LogP contribution in [-0.2, 0) is 10.2 Å². The van der Waals surface area contributed by atoms with Gasteiger partial charge in [-0.15, -0.1) is 0 Å². The average Bonchev–Trinajstić information content (AvgIpc) is 3.14. The Balaban J connectivity index is 1.09. The molecule has 2 aliphatic heterocycles. The summed E-state index contributed by atoms with van der Waals surface area (Å²) >= 11 is 0. The van der Waals surface area contributed by atoms with Crippen molar-refractivity contribution >= 4 is 23.4 Å². The van der Waals surface area contributed by atoms with Crippen LogP contribution >= 0.6 is 0 Å². The van der Waals surface area contributed by atoms with Gasteiger partial charge in [0, 0.05) is 49.4 Å². The lowest BCUT2D eigenvalue weighted by Gasteiger charge is -2.22. The number of nitrogens with one attached hydrogen (secondary N) is 1. The molecule has 1 aliphatic carbocycles. The minimum absolute atomic E-state index is 0.0729. The van der Waals surface area contributed by atoms with Crippen LogP contribution in [0.3, 0.4) is 0 Å². The molecule has 6 heteroatoms. The molecule has 5 rings (SSSR count). The first kappa shape index (κ1) is 22.6. The van der Waals surface area contributed by atoms with Gasteiger partial charge < -0.3 is 15.1 Å². The number of nitrogens with zero attached hydrogens (tertiary/aromatic N) is 2. The first-order chi connectivity index (χ1) is 16.2. The summed E-state index contributed by atoms with van der Waals surface area (Å²) in [4.78, 5) is 41.1. The standard InChI is InChI=1S/C28H33N3O3/c1-28(2,3)20-10-6-19(7-11-20)27(34)30-16-23-22(24(23)17-30)15-29-26(33)18-8-12-21(13-9-18)31-14-4-5-25(31)32/h6-13,22-24H,4-5,14-17H2,1-3H3,(H,29,33). The lowest BCUT2D eigenvalue weighted by atomic mass is 9.86. The summed E-state index contributed by atoms with van der Waals surface area (Å²) in [6.45, 7) is 9.43. The number of carbonyl (C=O) groups is 3. The maximum Gasteiger partial charge on any atom is 0.253 e. The fourth-order valence-corrected chi connectivity index (χ4v) is 5.44. The molecule has 6 nitrogen and oxygen atoms in total. The molecule has 2 heterocycles. The van der Waals surface area contributed by atoms with Gasteiger partial charge >= 0.3 is 0 Å². The molecule has 3 amide bonds. The number of rotatable bonds is 5. The second-order valence-electron chi connectivity index (χ2n) is 10.9. The quantitative estimate of drug-likeness (QED) is 0.738. The monoisotopic (exact) mass is 459 g/mol. The largest absolute Gasteiger partial charge is 0.352 e. The van der Waals surface area contributed by atoms with Crippen molar-refractivity contribution in [3.05, 3.63) is 65.2 Å². The van der Waals surface area contributed by atoms with Crippen LogP contribution in [0.1, 0.15) is 59.9 Å². The van der Waals surface area contributed by atoms with Gasteiger partial charge in [-0.1, -0.05) is 32.9 Å². The molecular weight excluding hydrogens is 426 g/mol. The Hall–Kier alpha value is -3.15. The summed E-state index contributed by atoms with van der Waals surface area (Å²) in [6.07, 6.45) is 1.48. The zero-order valence-electron chi connectivity index (χ0n) is 20.2. The van der Waals surface area contributed by atoms with Crippen LogP contribution in [-0.4, -0.2) is 48.8 Å². The lowest BCUT2D eigenvalue weighted by Crippen LogP contribution is -2.34. The minimum Gasteiger partial charge on any atom is -0.352 e. The molecule has 0 spiro atoms. The highest BCUT2D eigenvalue weighted by Crippen LogP contribution is 2.51. The number of hydrogen-bond donors (Lipinski definition) is 1. The van der Waals surface area contributed by atoms with E-state index in [1.54, 1.807) is 17.0 Å². The van der Waals surface area contributed by atoms with Gasteiger partial charge in [0.25, 0.3) is 11.8 Å². The maximum absolute atomic E-state index is 12.9. The van der Waals surface area contributed by atoms with Gasteiger partial charge in [-0.2, -0.15) is 0 Å². The molecule has 2 atom stereocenters. The molecule has 0 radical (unpaired) electrons. The van der Waals surface area contributed by atoms with E-state index < -0.39 is 0 Å². The Labute approximate surface area is 201 Å². The molecule has 0 bridgehead atoms. The lowest BCUT2D eigenvalue weighted by molar-refractivity contribution is -0.117. The van der Waals surface area contributed by atoms with E-state index in [-0.39, 0.29) is 23.1 Å². The second kappa shape index (κ2) is 8.57. The van der Waals surface area contributed by atoms with Gasteiger partial charge in [0.05, 0.1) is 0 Å². The van der Waals surface area contributed by atoms with Crippen LogP contribution in [0.25, 0.3) is 0 Å². The third-order valence-electron chi connectivity index (χ3n) is 7.67. The highest BCUT2D eigenvalue weighted by atomic mass is 16.2. The fourth-order valence-electron chi connectivity index (χ4n) is 5.44. The molecule has 2 aromatic carbocycles. The Kier molecular flexibility index (Phi) is 5.70. The number of hydrogen-bond acceptors (Lipinski definition) is 3. The van der Waals surface area contributed by atoms with Gasteiger partial charge in [0.2, 0.25) is 5.91 Å². The molecule has 34 heavy (non-hydrogen) atoms. The summed E-state index contributed by atoms with van der Waals surface area (Å²) in [5.41, 5.74) is 3.51. The minimum atomic E-state index is -0.0869. The van der Waals surface area contributed by atoms with E-state index in [1.165, 1.54) is 5.56 Å². The highest BCUT2D eigenvalue weighted by Gasteiger charge is 2.56. The van der Waals surface area contributed by atoms with Crippen molar-refractivity contribution in [2.24, 2.45) is 17.8 Å². The molecular formula is C28H33N3O3. The van der Waals surface area contributed by atoms with Crippen molar-refractivity contribution in [2.75, 3.05) is 31.1 Å². The predicted molar refractivity (Wildman–Crippen MR) is 132 cm³/mol. The predicted octanol–water partition coefficient (Wildman–Crippen LogP) is 3.86. The normalized spacial score (nSPS) is 23.7. The number of carbonyl (C=O) groups excluding carboxylic acids is 3. The summed E-state index contributed by atoms with van der Waals surface area (Å²) < 4.78 is 0. The van der Waals surface area contributed by atoms with E-state index in [0.717, 1.165) is 37.3 Å². The SMILES string of the molecule is CC(C)(C)c1ccc(C(=O)N2CC3C(CNC(=O)c4ccc(N5CCCC5=O)cc4)C3C2)cc1. The van der Waals surface area contributed by atoms with E-state index in [2.05, 4.69) is 38.2 Å². The third kappa shape index (κ3) is 4.33. The molecule has 0 aromatic heterocycles. The molecule has 3 fully saturated rings. The molecule has 178 valence electrons. The van der Waals surface area contributed by atoms with Gasteiger partial charge in [0.1, 0.15) is 0 Å². The van der Waals surface area contributed by atoms with E-state index in [9.17, 15) is 14.4 Å². The van der Waals surface area contributed by atoms with Crippen LogP contribution in [0.5, 0.6) is 0 Å². The third-order valence-corrected chi connectivity index (χ3v) is 7.67. The van der Waals surface area contributed by atoms with Crippen molar-refractivity contribution in [1.82, 2.24) is 10.2 Å². The Morgan fingerprint density at radius 1 is 0.941 bits per heavy atom. The average molecular weight is 460 g/mol. The zero-order chi connectivity index (χ0) is 24.0. The highest BCUT2D eigenvalue weighted by molar-refractivity contribution is 5.97. The van der Waals surface area contributed by atoms with Crippen molar-refractivity contribution in [3.63, 3.8) is 0 Å². The summed E-state index contributed by atoms with van der Waals surface area (Å²) in [5, 5.41) is 3.06. The zero-order valence-corrected chi connectivity index (χ0v) is 20.2. The molecule has 3 aliphatic rings. The fraction of sp³-hybridized carbons (Fsp3) is 0.464. The Morgan fingerprint density at radius 2 is 1.56 bits per heavy atom. The number of likely N-dealkylation sites (tertiary alicyclic amines) is 1. The first-order valence-electron chi connectivity index (χ1n) is 12.3. The van der Waals surface area contributed by atoms with E-state index in [0.29, 0.717) is 36.3 Å². The number of anilines is 1. The van der Waals surface area contributed by atoms with E-state index in [1.807, 2.05) is 29.2 Å². The van der Waals surface area contributed by atoms with Crippen molar-refractivity contribution < 1.29 is 14.4 Å². The van der Waals surface area contributed by atoms with Crippen LogP contribution in [0.2, 0.25) is 0 Å². The smallest absolute Gasteiger partial charge is 0.253 e. The van der Waals surface area contributed by atoms with Crippen molar-refractivity contribution in [3.8, 4) is 0 Å². The summed E-state index contributed by atoms with van der Waals surface area (Å²) in [7, 11) is 0. The van der Waals surface area contributed by atoms with Crippen LogP contribution in [0.15, 0.2) is 48.5 Å². The van der Waals surface area contributed by atoms with Gasteiger partial charge in [-0.3, -0.25) is 14.4 Å². The van der Waals surface area contributed by atoms with E-state index >= 15 is 0 Å². The number of benzene rings is 2. The Bertz CT molecular complexity index is 1090. The van der Waals surface area contributed by atoms with Crippen LogP contribution in [0.4, 0.5) is 5.69 Å². The molecule has 1 N–H and O–H groups in total. The van der Waals surface area contributed by atoms with Gasteiger partial charge in [-0.25, -0.2) is 0 Å². The maximum atomic E-state index is 12.9. The van der Waals surface area contributed by atoms with Gasteiger partial charge in [-0.05, 0) is 71.6 Å². The number of piperidine rings is 1. The van der Waals surface area contributed by atoms with Gasteiger partial charge in [0.15, 0.2) is 0 Å². The molecule has 1 saturated carbocycles. The van der Waals surface area contributed by atoms with Crippen molar-refractivity contribution in [2.45, 2.75) is 39.0 Å². The first-order valence-corrected chi connectivity index (χ1v) is 12.3. The summed E-state index contributed by atoms with van der Waals surface area (Å²) in [6, 6.07) is 15.3. The topological polar surface area (TPSA) is 69.7 Å². The van der Waals surface area contributed by atoms with Crippen LogP contribution < -0.4 is 10.2 Å². The summed E-state index contributed by atoms with van der Waals surface area (Å²) in [5.74, 6) is 1.55.